The van der Waals surface area contributed by atoms with Crippen LogP contribution in [0.3, 0.4) is 0 Å². The number of aliphatic hydroxyl groups is 1. The van der Waals surface area contributed by atoms with Crippen LogP contribution in [0.5, 0.6) is 11.5 Å². The summed E-state index contributed by atoms with van der Waals surface area (Å²) in [6.07, 6.45) is -3.90. The lowest BCUT2D eigenvalue weighted by Crippen LogP contribution is -2.17. The number of halogens is 2. The Morgan fingerprint density at radius 3 is 2.41 bits per heavy atom. The minimum atomic E-state index is -2.83. The number of ether oxygens (including phenoxy) is 1. The first-order valence-corrected chi connectivity index (χ1v) is 5.02. The number of rotatable bonds is 5. The van der Waals surface area contributed by atoms with E-state index in [0.717, 1.165) is 6.07 Å². The molecule has 1 aromatic rings. The summed E-state index contributed by atoms with van der Waals surface area (Å²) in [5, 5.41) is 22.0. The molecule has 0 fully saturated rings. The first-order valence-electron chi connectivity index (χ1n) is 5.02. The Hall–Kier alpha value is -1.40. The van der Waals surface area contributed by atoms with Crippen LogP contribution in [0, 0.1) is 0 Å². The Balaban J connectivity index is 3.23. The highest BCUT2D eigenvalue weighted by Crippen LogP contribution is 2.37. The normalized spacial score (nSPS) is 12.8. The van der Waals surface area contributed by atoms with Crippen LogP contribution in [0.4, 0.5) is 8.78 Å². The third-order valence-electron chi connectivity index (χ3n) is 2.37. The minimum Gasteiger partial charge on any atom is -0.507 e. The number of nitrogens with one attached hydrogen (secondary N) is 1. The first kappa shape index (κ1) is 13.7. The van der Waals surface area contributed by atoms with Gasteiger partial charge in [-0.05, 0) is 19.2 Å². The highest BCUT2D eigenvalue weighted by molar-refractivity contribution is 5.48. The van der Waals surface area contributed by atoms with Gasteiger partial charge in [-0.25, -0.2) is 8.78 Å². The number of aromatic hydroxyl groups is 1. The molecule has 0 saturated carbocycles. The molecule has 96 valence electrons. The number of phenols is 1. The second-order valence-electron chi connectivity index (χ2n) is 3.53. The summed E-state index contributed by atoms with van der Waals surface area (Å²) >= 11 is 0. The van der Waals surface area contributed by atoms with Crippen molar-refractivity contribution in [1.29, 1.82) is 0 Å². The lowest BCUT2D eigenvalue weighted by molar-refractivity contribution is 0.143. The van der Waals surface area contributed by atoms with E-state index >= 15 is 0 Å². The van der Waals surface area contributed by atoms with Crippen molar-refractivity contribution in [1.82, 2.24) is 5.32 Å². The number of hydrogen-bond donors (Lipinski definition) is 3. The summed E-state index contributed by atoms with van der Waals surface area (Å²) in [5.41, 5.74) is -0.525. The van der Waals surface area contributed by atoms with Gasteiger partial charge in [-0.3, -0.25) is 0 Å². The molecule has 0 aliphatic carbocycles. The monoisotopic (exact) mass is 247 g/mol. The Labute approximate surface area is 97.8 Å². The number of alkyl halides is 2. The number of aliphatic hydroxyl groups excluding tert-OH is 1. The van der Waals surface area contributed by atoms with E-state index in [1.807, 2.05) is 0 Å². The molecule has 3 N–H and O–H groups in total. The van der Waals surface area contributed by atoms with Crippen molar-refractivity contribution in [3.8, 4) is 11.5 Å². The molecule has 0 aromatic heterocycles. The fraction of sp³-hybridized carbons (Fsp3) is 0.455. The first-order chi connectivity index (χ1) is 8.01. The highest BCUT2D eigenvalue weighted by atomic mass is 19.3. The quantitative estimate of drug-likeness (QED) is 0.739. The van der Waals surface area contributed by atoms with Crippen molar-refractivity contribution in [3.63, 3.8) is 0 Å². The Morgan fingerprint density at radius 1 is 1.35 bits per heavy atom. The fourth-order valence-corrected chi connectivity index (χ4v) is 1.49. The predicted octanol–water partition coefficient (Wildman–Crippen LogP) is 1.59. The number of hydrogen-bond acceptors (Lipinski definition) is 4. The molecule has 0 aliphatic heterocycles. The molecule has 0 heterocycles. The van der Waals surface area contributed by atoms with Crippen LogP contribution in [0.15, 0.2) is 12.1 Å². The molecule has 0 amide bonds. The molecule has 0 spiro atoms. The van der Waals surface area contributed by atoms with Crippen molar-refractivity contribution in [3.05, 3.63) is 23.3 Å². The van der Waals surface area contributed by atoms with Gasteiger partial charge in [-0.15, -0.1) is 0 Å². The van der Waals surface area contributed by atoms with Crippen LogP contribution in [0.25, 0.3) is 0 Å². The smallest absolute Gasteiger partial charge is 0.267 e. The van der Waals surface area contributed by atoms with E-state index < -0.39 is 23.8 Å². The molecular formula is C11H15F2NO3. The van der Waals surface area contributed by atoms with E-state index in [-0.39, 0.29) is 17.9 Å². The lowest BCUT2D eigenvalue weighted by Gasteiger charge is -2.16. The standard InChI is InChI=1S/C11H15F2NO3/c1-14-5-9(15)7-3-6(17-2)4-8(10(7)16)11(12)13/h3-4,9,11,14-16H,5H2,1-2H3. The molecule has 4 nitrogen and oxygen atoms in total. The van der Waals surface area contributed by atoms with Crippen LogP contribution in [0.2, 0.25) is 0 Å². The summed E-state index contributed by atoms with van der Waals surface area (Å²) < 4.78 is 30.2. The van der Waals surface area contributed by atoms with Crippen LogP contribution < -0.4 is 10.1 Å². The Kier molecular flexibility index (Phi) is 4.65. The topological polar surface area (TPSA) is 61.7 Å². The number of likely N-dealkylation sites (N-methyl/N-ethyl adjacent to an activating group) is 1. The van der Waals surface area contributed by atoms with Crippen LogP contribution in [-0.2, 0) is 0 Å². The number of benzene rings is 1. The van der Waals surface area contributed by atoms with Crippen LogP contribution >= 0.6 is 0 Å². The zero-order valence-electron chi connectivity index (χ0n) is 9.58. The highest BCUT2D eigenvalue weighted by Gasteiger charge is 2.21. The molecule has 1 unspecified atom stereocenters. The van der Waals surface area contributed by atoms with Gasteiger partial charge in [0, 0.05) is 12.1 Å². The third kappa shape index (κ3) is 3.04. The maximum Gasteiger partial charge on any atom is 0.267 e. The SMILES string of the molecule is CNCC(O)c1cc(OC)cc(C(F)F)c1O. The van der Waals surface area contributed by atoms with E-state index in [4.69, 9.17) is 4.74 Å². The van der Waals surface area contributed by atoms with E-state index in [0.29, 0.717) is 0 Å². The molecule has 17 heavy (non-hydrogen) atoms. The molecule has 0 radical (unpaired) electrons. The van der Waals surface area contributed by atoms with Gasteiger partial charge in [0.1, 0.15) is 11.5 Å². The molecule has 0 bridgehead atoms. The predicted molar refractivity (Wildman–Crippen MR) is 58.5 cm³/mol. The maximum atomic E-state index is 12.7. The molecule has 6 heteroatoms. The summed E-state index contributed by atoms with van der Waals surface area (Å²) in [7, 11) is 2.93. The van der Waals surface area contributed by atoms with Crippen molar-refractivity contribution in [2.75, 3.05) is 20.7 Å². The molecular weight excluding hydrogens is 232 g/mol. The van der Waals surface area contributed by atoms with E-state index in [1.165, 1.54) is 13.2 Å². The largest absolute Gasteiger partial charge is 0.507 e. The summed E-state index contributed by atoms with van der Waals surface area (Å²) in [6.45, 7) is 0.142. The summed E-state index contributed by atoms with van der Waals surface area (Å²) in [4.78, 5) is 0. The van der Waals surface area contributed by atoms with Gasteiger partial charge < -0.3 is 20.3 Å². The minimum absolute atomic E-state index is 0.0222. The van der Waals surface area contributed by atoms with E-state index in [2.05, 4.69) is 5.32 Å². The molecule has 1 rings (SSSR count). The lowest BCUT2D eigenvalue weighted by atomic mass is 10.0. The van der Waals surface area contributed by atoms with Gasteiger partial charge in [0.25, 0.3) is 6.43 Å². The molecule has 1 atom stereocenters. The van der Waals surface area contributed by atoms with Crippen molar-refractivity contribution < 1.29 is 23.7 Å². The Bertz CT molecular complexity index is 385. The summed E-state index contributed by atoms with van der Waals surface area (Å²) in [6, 6.07) is 2.39. The molecule has 0 saturated heterocycles. The van der Waals surface area contributed by atoms with Crippen molar-refractivity contribution in [2.45, 2.75) is 12.5 Å². The second-order valence-corrected chi connectivity index (χ2v) is 3.53. The average molecular weight is 247 g/mol. The van der Waals surface area contributed by atoms with Crippen molar-refractivity contribution >= 4 is 0 Å². The molecule has 1 aromatic carbocycles. The van der Waals surface area contributed by atoms with Gasteiger partial charge in [-0.1, -0.05) is 0 Å². The van der Waals surface area contributed by atoms with Gasteiger partial charge in [-0.2, -0.15) is 0 Å². The summed E-state index contributed by atoms with van der Waals surface area (Å²) in [5.74, 6) is -0.424. The van der Waals surface area contributed by atoms with Gasteiger partial charge in [0.2, 0.25) is 0 Å². The van der Waals surface area contributed by atoms with E-state index in [1.54, 1.807) is 7.05 Å². The van der Waals surface area contributed by atoms with Gasteiger partial charge in [0.05, 0.1) is 18.8 Å². The second kappa shape index (κ2) is 5.79. The number of methoxy groups -OCH3 is 1. The Morgan fingerprint density at radius 2 is 1.94 bits per heavy atom. The van der Waals surface area contributed by atoms with Gasteiger partial charge in [0.15, 0.2) is 0 Å². The number of phenolic OH excluding ortho intramolecular Hbond substituents is 1. The van der Waals surface area contributed by atoms with Crippen LogP contribution in [0.1, 0.15) is 23.7 Å². The third-order valence-corrected chi connectivity index (χ3v) is 2.37. The maximum absolute atomic E-state index is 12.7. The van der Waals surface area contributed by atoms with Crippen molar-refractivity contribution in [2.24, 2.45) is 0 Å². The zero-order valence-corrected chi connectivity index (χ0v) is 9.58. The molecule has 0 aliphatic rings. The average Bonchev–Trinajstić information content (AvgIpc) is 2.29. The van der Waals surface area contributed by atoms with E-state index in [9.17, 15) is 19.0 Å². The zero-order chi connectivity index (χ0) is 13.0. The fourth-order valence-electron chi connectivity index (χ4n) is 1.49. The van der Waals surface area contributed by atoms with Crippen LogP contribution in [-0.4, -0.2) is 30.9 Å². The van der Waals surface area contributed by atoms with Gasteiger partial charge >= 0.3 is 0 Å².